The van der Waals surface area contributed by atoms with Gasteiger partial charge in [0, 0.05) is 54.9 Å². The van der Waals surface area contributed by atoms with Crippen LogP contribution < -0.4 is 5.43 Å². The Hall–Kier alpha value is -2.17. The summed E-state index contributed by atoms with van der Waals surface area (Å²) < 4.78 is 2.15. The fourth-order valence-corrected chi connectivity index (χ4v) is 4.28. The van der Waals surface area contributed by atoms with E-state index < -0.39 is 0 Å². The molecule has 1 aromatic heterocycles. The van der Waals surface area contributed by atoms with Crippen LogP contribution in [-0.2, 0) is 13.1 Å². The van der Waals surface area contributed by atoms with E-state index in [4.69, 9.17) is 46.4 Å². The summed E-state index contributed by atoms with van der Waals surface area (Å²) >= 11 is 24.8. The Morgan fingerprint density at radius 1 is 0.867 bits per heavy atom. The second-order valence-electron chi connectivity index (χ2n) is 6.76. The van der Waals surface area contributed by atoms with Crippen LogP contribution in [0, 0.1) is 0 Å². The van der Waals surface area contributed by atoms with Gasteiger partial charge in [0.25, 0.3) is 0 Å². The summed E-state index contributed by atoms with van der Waals surface area (Å²) in [7, 11) is 0. The molecule has 4 rings (SSSR count). The fourth-order valence-electron chi connectivity index (χ4n) is 3.28. The van der Waals surface area contributed by atoms with Crippen molar-refractivity contribution >= 4 is 63.5 Å². The van der Waals surface area contributed by atoms with Gasteiger partial charge < -0.3 is 9.99 Å². The Labute approximate surface area is 194 Å². The minimum atomic E-state index is 0.439. The minimum Gasteiger partial charge on any atom is -0.342 e. The van der Waals surface area contributed by atoms with Crippen LogP contribution in [0.2, 0.25) is 20.1 Å². The van der Waals surface area contributed by atoms with Crippen molar-refractivity contribution in [1.82, 2.24) is 9.99 Å². The second-order valence-corrected chi connectivity index (χ2v) is 8.42. The molecule has 30 heavy (non-hydrogen) atoms. The molecule has 0 spiro atoms. The fraction of sp³-hybridized carbons (Fsp3) is 0.0870. The van der Waals surface area contributed by atoms with E-state index in [1.165, 1.54) is 0 Å². The molecule has 0 saturated heterocycles. The standard InChI is InChI=1S/C23H17Cl4N3/c24-17-9-8-15(22(27)10-17)13-30-14-16(18-4-1-2-7-23(18)30)11-28-29-12-19-20(25)5-3-6-21(19)26/h1-11,14,29H,12-13H2/b28-11+. The number of hydrogen-bond donors (Lipinski definition) is 1. The van der Waals surface area contributed by atoms with Gasteiger partial charge in [-0.25, -0.2) is 0 Å². The van der Waals surface area contributed by atoms with E-state index >= 15 is 0 Å². The first-order valence-corrected chi connectivity index (χ1v) is 10.7. The molecule has 3 nitrogen and oxygen atoms in total. The molecule has 0 saturated carbocycles. The van der Waals surface area contributed by atoms with E-state index in [0.717, 1.165) is 27.6 Å². The number of benzene rings is 3. The van der Waals surface area contributed by atoms with Crippen LogP contribution in [0.25, 0.3) is 10.9 Å². The van der Waals surface area contributed by atoms with Crippen LogP contribution in [0.5, 0.6) is 0 Å². The average molecular weight is 477 g/mol. The van der Waals surface area contributed by atoms with Gasteiger partial charge in [0.2, 0.25) is 0 Å². The van der Waals surface area contributed by atoms with Crippen molar-refractivity contribution in [3.8, 4) is 0 Å². The molecule has 0 radical (unpaired) electrons. The maximum atomic E-state index is 6.37. The number of nitrogens with one attached hydrogen (secondary N) is 1. The van der Waals surface area contributed by atoms with Gasteiger partial charge in [0.15, 0.2) is 0 Å². The molecule has 1 heterocycles. The lowest BCUT2D eigenvalue weighted by atomic mass is 10.2. The maximum absolute atomic E-state index is 6.37. The van der Waals surface area contributed by atoms with E-state index in [2.05, 4.69) is 33.4 Å². The van der Waals surface area contributed by atoms with Gasteiger partial charge in [0.05, 0.1) is 12.8 Å². The molecular weight excluding hydrogens is 460 g/mol. The zero-order chi connectivity index (χ0) is 21.1. The summed E-state index contributed by atoms with van der Waals surface area (Å²) in [4.78, 5) is 0. The highest BCUT2D eigenvalue weighted by Gasteiger charge is 2.09. The lowest BCUT2D eigenvalue weighted by molar-refractivity contribution is 0.748. The Bertz CT molecular complexity index is 1210. The topological polar surface area (TPSA) is 29.3 Å². The molecule has 0 aliphatic carbocycles. The summed E-state index contributed by atoms with van der Waals surface area (Å²) in [6.07, 6.45) is 3.86. The lowest BCUT2D eigenvalue weighted by Crippen LogP contribution is -2.06. The molecule has 0 atom stereocenters. The number of nitrogens with zero attached hydrogens (tertiary/aromatic N) is 2. The van der Waals surface area contributed by atoms with Crippen molar-refractivity contribution in [3.05, 3.63) is 104 Å². The summed E-state index contributed by atoms with van der Waals surface area (Å²) in [6, 6.07) is 19.2. The van der Waals surface area contributed by atoms with Gasteiger partial charge >= 0.3 is 0 Å². The summed E-state index contributed by atoms with van der Waals surface area (Å²) in [5.41, 5.74) is 6.93. The van der Waals surface area contributed by atoms with E-state index in [-0.39, 0.29) is 0 Å². The number of para-hydroxylation sites is 1. The van der Waals surface area contributed by atoms with Crippen molar-refractivity contribution < 1.29 is 0 Å². The third-order valence-corrected chi connectivity index (χ3v) is 6.08. The SMILES string of the molecule is Clc1ccc(Cn2cc(/C=N/NCc3c(Cl)cccc3Cl)c3ccccc32)c(Cl)c1. The average Bonchev–Trinajstić information content (AvgIpc) is 3.07. The number of hydrazone groups is 1. The number of rotatable bonds is 6. The summed E-state index contributed by atoms with van der Waals surface area (Å²) in [5.74, 6) is 0. The summed E-state index contributed by atoms with van der Waals surface area (Å²) in [5, 5.41) is 7.97. The maximum Gasteiger partial charge on any atom is 0.0609 e. The third kappa shape index (κ3) is 4.60. The smallest absolute Gasteiger partial charge is 0.0609 e. The van der Waals surface area contributed by atoms with Gasteiger partial charge in [-0.2, -0.15) is 5.10 Å². The largest absolute Gasteiger partial charge is 0.342 e. The molecular formula is C23H17Cl4N3. The van der Waals surface area contributed by atoms with Crippen molar-refractivity contribution in [1.29, 1.82) is 0 Å². The molecule has 0 aliphatic heterocycles. The molecule has 4 aromatic rings. The Morgan fingerprint density at radius 2 is 1.63 bits per heavy atom. The van der Waals surface area contributed by atoms with Crippen molar-refractivity contribution in [2.24, 2.45) is 5.10 Å². The van der Waals surface area contributed by atoms with E-state index in [9.17, 15) is 0 Å². The predicted octanol–water partition coefficient (Wildman–Crippen LogP) is 7.43. The van der Waals surface area contributed by atoms with Gasteiger partial charge in [-0.15, -0.1) is 0 Å². The van der Waals surface area contributed by atoms with Crippen molar-refractivity contribution in [2.45, 2.75) is 13.1 Å². The van der Waals surface area contributed by atoms with Gasteiger partial charge in [0.1, 0.15) is 0 Å². The van der Waals surface area contributed by atoms with Gasteiger partial charge in [-0.1, -0.05) is 76.7 Å². The number of hydrogen-bond acceptors (Lipinski definition) is 2. The molecule has 0 unspecified atom stereocenters. The highest BCUT2D eigenvalue weighted by molar-refractivity contribution is 6.36. The van der Waals surface area contributed by atoms with Crippen LogP contribution in [0.4, 0.5) is 0 Å². The number of halogens is 4. The molecule has 0 bridgehead atoms. The number of fused-ring (bicyclic) bond motifs is 1. The molecule has 152 valence electrons. The Balaban J connectivity index is 1.57. The van der Waals surface area contributed by atoms with Gasteiger partial charge in [-0.3, -0.25) is 0 Å². The quantitative estimate of drug-likeness (QED) is 0.227. The van der Waals surface area contributed by atoms with Crippen LogP contribution in [0.3, 0.4) is 0 Å². The first kappa shape index (κ1) is 21.1. The molecule has 0 amide bonds. The minimum absolute atomic E-state index is 0.439. The van der Waals surface area contributed by atoms with Crippen LogP contribution >= 0.6 is 46.4 Å². The predicted molar refractivity (Wildman–Crippen MR) is 128 cm³/mol. The van der Waals surface area contributed by atoms with Crippen molar-refractivity contribution in [2.75, 3.05) is 0 Å². The molecule has 7 heteroatoms. The third-order valence-electron chi connectivity index (χ3n) is 4.79. The van der Waals surface area contributed by atoms with E-state index in [0.29, 0.717) is 33.2 Å². The molecule has 3 aromatic carbocycles. The molecule has 1 N–H and O–H groups in total. The molecule has 0 fully saturated rings. The Morgan fingerprint density at radius 3 is 2.40 bits per heavy atom. The van der Waals surface area contributed by atoms with Crippen LogP contribution in [0.1, 0.15) is 16.7 Å². The zero-order valence-corrected chi connectivity index (χ0v) is 18.8. The molecule has 0 aliphatic rings. The van der Waals surface area contributed by atoms with E-state index in [1.807, 2.05) is 42.5 Å². The normalized spacial score (nSPS) is 11.5. The monoisotopic (exact) mass is 475 g/mol. The number of aromatic nitrogens is 1. The zero-order valence-electron chi connectivity index (χ0n) is 15.7. The van der Waals surface area contributed by atoms with Crippen LogP contribution in [-0.4, -0.2) is 10.8 Å². The van der Waals surface area contributed by atoms with Crippen LogP contribution in [0.15, 0.2) is 72.0 Å². The van der Waals surface area contributed by atoms with Gasteiger partial charge in [-0.05, 0) is 35.9 Å². The second kappa shape index (κ2) is 9.32. The van der Waals surface area contributed by atoms with E-state index in [1.54, 1.807) is 12.3 Å². The van der Waals surface area contributed by atoms with Crippen molar-refractivity contribution in [3.63, 3.8) is 0 Å². The highest BCUT2D eigenvalue weighted by atomic mass is 35.5. The highest BCUT2D eigenvalue weighted by Crippen LogP contribution is 2.26. The summed E-state index contributed by atoms with van der Waals surface area (Å²) in [6.45, 7) is 1.07. The lowest BCUT2D eigenvalue weighted by Gasteiger charge is -2.08. The first-order valence-electron chi connectivity index (χ1n) is 9.23. The first-order chi connectivity index (χ1) is 14.5. The Kier molecular flexibility index (Phi) is 6.55.